The minimum atomic E-state index is 0.00225. The Hall–Kier alpha value is -1.47. The van der Waals surface area contributed by atoms with E-state index in [-0.39, 0.29) is 29.8 Å². The molecule has 0 saturated heterocycles. The van der Waals surface area contributed by atoms with Gasteiger partial charge in [-0.1, -0.05) is 20.8 Å². The molecule has 2 amide bonds. The van der Waals surface area contributed by atoms with E-state index in [1.165, 1.54) is 0 Å². The van der Waals surface area contributed by atoms with Gasteiger partial charge < -0.3 is 19.7 Å². The maximum atomic E-state index is 12.3. The van der Waals surface area contributed by atoms with Crippen LogP contribution in [0.2, 0.25) is 0 Å². The van der Waals surface area contributed by atoms with Gasteiger partial charge in [0.2, 0.25) is 11.8 Å². The smallest absolute Gasteiger partial charge is 0.223 e. The number of nitrogens with zero attached hydrogens (tertiary/aromatic N) is 1. The average molecular weight is 441 g/mol. The van der Waals surface area contributed by atoms with Crippen molar-refractivity contribution in [1.82, 2.24) is 10.2 Å². The fraction of sp³-hybridized carbons (Fsp3) is 0.875. The summed E-state index contributed by atoms with van der Waals surface area (Å²) in [5.74, 6) is 1.05. The molecular formula is C24H44N2O5. The van der Waals surface area contributed by atoms with E-state index in [0.29, 0.717) is 63.9 Å². The molecular weight excluding hydrogens is 396 g/mol. The molecule has 0 radical (unpaired) electrons. The lowest BCUT2D eigenvalue weighted by Gasteiger charge is -2.28. The quantitative estimate of drug-likeness (QED) is 0.395. The Morgan fingerprint density at radius 1 is 0.935 bits per heavy atom. The molecule has 7 heteroatoms. The van der Waals surface area contributed by atoms with E-state index in [4.69, 9.17) is 9.47 Å². The molecule has 1 N–H and O–H groups in total. The summed E-state index contributed by atoms with van der Waals surface area (Å²) in [6.45, 7) is 12.3. The second-order valence-electron chi connectivity index (χ2n) is 9.19. The number of carbonyl (C=O) groups is 3. The number of nitrogens with one attached hydrogen (secondary N) is 1. The lowest BCUT2D eigenvalue weighted by atomic mass is 9.83. The van der Waals surface area contributed by atoms with E-state index in [1.807, 2.05) is 39.5 Å². The first-order chi connectivity index (χ1) is 14.7. The number of amides is 2. The van der Waals surface area contributed by atoms with Crippen LogP contribution in [0.1, 0.15) is 79.6 Å². The molecule has 31 heavy (non-hydrogen) atoms. The predicted octanol–water partition coefficient (Wildman–Crippen LogP) is 3.35. The van der Waals surface area contributed by atoms with Crippen LogP contribution in [0, 0.1) is 11.8 Å². The lowest BCUT2D eigenvalue weighted by Crippen LogP contribution is -2.40. The standard InChI is InChI=1S/C24H44N2O5/c1-6-22(27)20-7-9-21(10-8-20)25-23(28)11-13-30-15-16-31-14-12-26(19(4)5)24(29)17-18(2)3/h18-21H,6-17H2,1-5H3,(H,25,28)/t20-,21+. The molecule has 0 aromatic heterocycles. The largest absolute Gasteiger partial charge is 0.379 e. The highest BCUT2D eigenvalue weighted by molar-refractivity contribution is 5.81. The number of hydrogen-bond donors (Lipinski definition) is 1. The fourth-order valence-electron chi connectivity index (χ4n) is 3.94. The molecule has 180 valence electrons. The molecule has 1 saturated carbocycles. The van der Waals surface area contributed by atoms with Crippen LogP contribution in [0.15, 0.2) is 0 Å². The van der Waals surface area contributed by atoms with Gasteiger partial charge in [-0.05, 0) is 45.4 Å². The highest BCUT2D eigenvalue weighted by atomic mass is 16.5. The summed E-state index contributed by atoms with van der Waals surface area (Å²) < 4.78 is 11.1. The minimum Gasteiger partial charge on any atom is -0.379 e. The number of rotatable bonds is 15. The zero-order chi connectivity index (χ0) is 23.2. The van der Waals surface area contributed by atoms with Gasteiger partial charge in [0.1, 0.15) is 5.78 Å². The Kier molecular flexibility index (Phi) is 13.7. The van der Waals surface area contributed by atoms with E-state index >= 15 is 0 Å². The van der Waals surface area contributed by atoms with Crippen molar-refractivity contribution >= 4 is 17.6 Å². The molecule has 0 heterocycles. The van der Waals surface area contributed by atoms with Crippen molar-refractivity contribution in [2.45, 2.75) is 91.6 Å². The molecule has 1 fully saturated rings. The molecule has 1 aliphatic rings. The molecule has 1 rings (SSSR count). The maximum absolute atomic E-state index is 12.3. The van der Waals surface area contributed by atoms with E-state index < -0.39 is 0 Å². The zero-order valence-electron chi connectivity index (χ0n) is 20.3. The first-order valence-corrected chi connectivity index (χ1v) is 12.0. The van der Waals surface area contributed by atoms with Crippen LogP contribution in [0.5, 0.6) is 0 Å². The van der Waals surface area contributed by atoms with Crippen molar-refractivity contribution in [3.8, 4) is 0 Å². The molecule has 1 aliphatic carbocycles. The molecule has 0 aromatic rings. The Labute approximate surface area is 188 Å². The van der Waals surface area contributed by atoms with Crippen molar-refractivity contribution in [3.63, 3.8) is 0 Å². The molecule has 0 aliphatic heterocycles. The summed E-state index contributed by atoms with van der Waals surface area (Å²) in [6.07, 6.45) is 5.01. The summed E-state index contributed by atoms with van der Waals surface area (Å²) >= 11 is 0. The molecule has 0 bridgehead atoms. The summed E-state index contributed by atoms with van der Waals surface area (Å²) in [7, 11) is 0. The molecule has 0 atom stereocenters. The Morgan fingerprint density at radius 3 is 2.10 bits per heavy atom. The Balaban J connectivity index is 2.06. The number of Topliss-reactive ketones (excluding diaryl/α,β-unsaturated/α-hetero) is 1. The monoisotopic (exact) mass is 440 g/mol. The maximum Gasteiger partial charge on any atom is 0.223 e. The van der Waals surface area contributed by atoms with Crippen LogP contribution in [0.25, 0.3) is 0 Å². The van der Waals surface area contributed by atoms with Crippen LogP contribution in [0.3, 0.4) is 0 Å². The molecule has 0 spiro atoms. The summed E-state index contributed by atoms with van der Waals surface area (Å²) in [6, 6.07) is 0.339. The highest BCUT2D eigenvalue weighted by Gasteiger charge is 2.25. The SMILES string of the molecule is CCC(=O)[C@H]1CC[C@@H](NC(=O)CCOCCOCCN(C(=O)CC(C)C)C(C)C)CC1. The molecule has 7 nitrogen and oxygen atoms in total. The third-order valence-corrected chi connectivity index (χ3v) is 5.74. The van der Waals surface area contributed by atoms with Gasteiger partial charge in [-0.15, -0.1) is 0 Å². The third-order valence-electron chi connectivity index (χ3n) is 5.74. The van der Waals surface area contributed by atoms with Crippen molar-refractivity contribution in [2.24, 2.45) is 11.8 Å². The topological polar surface area (TPSA) is 84.9 Å². The normalized spacial score (nSPS) is 18.9. The van der Waals surface area contributed by atoms with E-state index in [1.54, 1.807) is 0 Å². The third kappa shape index (κ3) is 11.6. The van der Waals surface area contributed by atoms with Crippen molar-refractivity contribution in [3.05, 3.63) is 0 Å². The highest BCUT2D eigenvalue weighted by Crippen LogP contribution is 2.25. The van der Waals surface area contributed by atoms with Gasteiger partial charge >= 0.3 is 0 Å². The van der Waals surface area contributed by atoms with Crippen LogP contribution in [-0.2, 0) is 23.9 Å². The van der Waals surface area contributed by atoms with Crippen molar-refractivity contribution in [1.29, 1.82) is 0 Å². The lowest BCUT2D eigenvalue weighted by molar-refractivity contribution is -0.134. The summed E-state index contributed by atoms with van der Waals surface area (Å²) in [5, 5.41) is 3.06. The Bertz CT molecular complexity index is 542. The van der Waals surface area contributed by atoms with Crippen molar-refractivity contribution in [2.75, 3.05) is 33.0 Å². The average Bonchev–Trinajstić information content (AvgIpc) is 2.71. The molecule has 0 aromatic carbocycles. The number of ether oxygens (including phenoxy) is 2. The number of hydrogen-bond acceptors (Lipinski definition) is 5. The first-order valence-electron chi connectivity index (χ1n) is 12.0. The van der Waals surface area contributed by atoms with Crippen LogP contribution in [-0.4, -0.2) is 67.6 Å². The zero-order valence-corrected chi connectivity index (χ0v) is 20.3. The Morgan fingerprint density at radius 2 is 1.55 bits per heavy atom. The van der Waals surface area contributed by atoms with Gasteiger partial charge in [-0.2, -0.15) is 0 Å². The molecule has 0 unspecified atom stereocenters. The van der Waals surface area contributed by atoms with Gasteiger partial charge in [0, 0.05) is 43.8 Å². The summed E-state index contributed by atoms with van der Waals surface area (Å²) in [5.41, 5.74) is 0. The minimum absolute atomic E-state index is 0.00225. The van der Waals surface area contributed by atoms with Gasteiger partial charge in [-0.3, -0.25) is 14.4 Å². The van der Waals surface area contributed by atoms with E-state index in [2.05, 4.69) is 5.32 Å². The van der Waals surface area contributed by atoms with Gasteiger partial charge in [0.05, 0.1) is 26.4 Å². The summed E-state index contributed by atoms with van der Waals surface area (Å²) in [4.78, 5) is 38.0. The van der Waals surface area contributed by atoms with Crippen LogP contribution >= 0.6 is 0 Å². The second kappa shape index (κ2) is 15.4. The van der Waals surface area contributed by atoms with E-state index in [0.717, 1.165) is 25.7 Å². The van der Waals surface area contributed by atoms with Gasteiger partial charge in [0.15, 0.2) is 0 Å². The van der Waals surface area contributed by atoms with Gasteiger partial charge in [-0.25, -0.2) is 0 Å². The number of ketones is 1. The fourth-order valence-corrected chi connectivity index (χ4v) is 3.94. The van der Waals surface area contributed by atoms with Crippen molar-refractivity contribution < 1.29 is 23.9 Å². The van der Waals surface area contributed by atoms with E-state index in [9.17, 15) is 14.4 Å². The van der Waals surface area contributed by atoms with Gasteiger partial charge in [0.25, 0.3) is 0 Å². The van der Waals surface area contributed by atoms with Crippen LogP contribution in [0.4, 0.5) is 0 Å². The number of carbonyl (C=O) groups excluding carboxylic acids is 3. The second-order valence-corrected chi connectivity index (χ2v) is 9.19. The predicted molar refractivity (Wildman–Crippen MR) is 122 cm³/mol. The van der Waals surface area contributed by atoms with Crippen LogP contribution < -0.4 is 5.32 Å². The first kappa shape index (κ1) is 27.6.